The average molecular weight is 315 g/mol. The van der Waals surface area contributed by atoms with Gasteiger partial charge in [0.25, 0.3) is 5.91 Å². The van der Waals surface area contributed by atoms with Crippen molar-refractivity contribution in [3.8, 4) is 0 Å². The first kappa shape index (κ1) is 17.4. The van der Waals surface area contributed by atoms with Crippen LogP contribution in [-0.2, 0) is 4.79 Å². The van der Waals surface area contributed by atoms with Gasteiger partial charge in [0, 0.05) is 26.6 Å². The molecule has 0 aromatic heterocycles. The highest BCUT2D eigenvalue weighted by Crippen LogP contribution is 2.18. The summed E-state index contributed by atoms with van der Waals surface area (Å²) in [6.07, 6.45) is 0. The fourth-order valence-corrected chi connectivity index (χ4v) is 2.17. The molecule has 116 valence electrons. The first-order valence-corrected chi connectivity index (χ1v) is 7.18. The Bertz CT molecular complexity index is 500. The fourth-order valence-electron chi connectivity index (χ4n) is 1.93. The van der Waals surface area contributed by atoms with E-state index in [4.69, 9.17) is 11.6 Å². The highest BCUT2D eigenvalue weighted by Gasteiger charge is 2.16. The van der Waals surface area contributed by atoms with Gasteiger partial charge in [-0.1, -0.05) is 31.5 Å². The SMILES string of the molecule is CC(=O)N(CCNC(=O)c1c(F)cccc1Cl)CC(C)C. The van der Waals surface area contributed by atoms with E-state index in [0.29, 0.717) is 19.0 Å². The van der Waals surface area contributed by atoms with E-state index in [2.05, 4.69) is 5.32 Å². The third-order valence-electron chi connectivity index (χ3n) is 2.89. The van der Waals surface area contributed by atoms with Gasteiger partial charge in [-0.25, -0.2) is 4.39 Å². The summed E-state index contributed by atoms with van der Waals surface area (Å²) >= 11 is 5.82. The van der Waals surface area contributed by atoms with Crippen LogP contribution in [0.2, 0.25) is 5.02 Å². The zero-order valence-corrected chi connectivity index (χ0v) is 13.2. The lowest BCUT2D eigenvalue weighted by atomic mass is 10.2. The Hall–Kier alpha value is -1.62. The topological polar surface area (TPSA) is 49.4 Å². The number of carbonyl (C=O) groups excluding carboxylic acids is 2. The Balaban J connectivity index is 2.59. The minimum atomic E-state index is -0.661. The maximum atomic E-state index is 13.6. The summed E-state index contributed by atoms with van der Waals surface area (Å²) in [6, 6.07) is 4.08. The van der Waals surface area contributed by atoms with E-state index in [9.17, 15) is 14.0 Å². The summed E-state index contributed by atoms with van der Waals surface area (Å²) in [4.78, 5) is 25.0. The Morgan fingerprint density at radius 2 is 2.05 bits per heavy atom. The van der Waals surface area contributed by atoms with Gasteiger partial charge in [-0.15, -0.1) is 0 Å². The average Bonchev–Trinajstić information content (AvgIpc) is 2.36. The quantitative estimate of drug-likeness (QED) is 0.877. The number of nitrogens with one attached hydrogen (secondary N) is 1. The van der Waals surface area contributed by atoms with Crippen LogP contribution in [0.1, 0.15) is 31.1 Å². The lowest BCUT2D eigenvalue weighted by Gasteiger charge is -2.23. The second kappa shape index (κ2) is 7.98. The van der Waals surface area contributed by atoms with Crippen LogP contribution in [0.5, 0.6) is 0 Å². The molecule has 2 amide bonds. The van der Waals surface area contributed by atoms with Crippen molar-refractivity contribution in [3.05, 3.63) is 34.6 Å². The van der Waals surface area contributed by atoms with E-state index in [1.54, 1.807) is 4.90 Å². The molecule has 0 aliphatic carbocycles. The van der Waals surface area contributed by atoms with Crippen LogP contribution in [0.25, 0.3) is 0 Å². The van der Waals surface area contributed by atoms with Crippen molar-refractivity contribution in [2.75, 3.05) is 19.6 Å². The van der Waals surface area contributed by atoms with Crippen LogP contribution in [-0.4, -0.2) is 36.3 Å². The molecule has 0 spiro atoms. The third kappa shape index (κ3) is 5.34. The Morgan fingerprint density at radius 1 is 1.38 bits per heavy atom. The van der Waals surface area contributed by atoms with Gasteiger partial charge in [-0.3, -0.25) is 9.59 Å². The van der Waals surface area contributed by atoms with Crippen LogP contribution in [0.15, 0.2) is 18.2 Å². The number of benzene rings is 1. The van der Waals surface area contributed by atoms with Crippen molar-refractivity contribution in [2.24, 2.45) is 5.92 Å². The van der Waals surface area contributed by atoms with Crippen molar-refractivity contribution in [1.82, 2.24) is 10.2 Å². The zero-order chi connectivity index (χ0) is 16.0. The van der Waals surface area contributed by atoms with Crippen LogP contribution in [0.3, 0.4) is 0 Å². The van der Waals surface area contributed by atoms with Gasteiger partial charge in [-0.05, 0) is 18.1 Å². The summed E-state index contributed by atoms with van der Waals surface area (Å²) in [5.41, 5.74) is -0.169. The molecule has 1 N–H and O–H groups in total. The molecule has 0 unspecified atom stereocenters. The molecule has 1 aromatic carbocycles. The Kier molecular flexibility index (Phi) is 6.62. The monoisotopic (exact) mass is 314 g/mol. The number of amides is 2. The van der Waals surface area contributed by atoms with Crippen LogP contribution in [0, 0.1) is 11.7 Å². The van der Waals surface area contributed by atoms with E-state index in [1.807, 2.05) is 13.8 Å². The summed E-state index contributed by atoms with van der Waals surface area (Å²) in [7, 11) is 0. The van der Waals surface area contributed by atoms with E-state index in [-0.39, 0.29) is 23.0 Å². The molecule has 1 rings (SSSR count). The Labute approximate surface area is 129 Å². The normalized spacial score (nSPS) is 10.6. The van der Waals surface area contributed by atoms with E-state index in [0.717, 1.165) is 0 Å². The first-order valence-electron chi connectivity index (χ1n) is 6.80. The standard InChI is InChI=1S/C15H20ClFN2O2/c1-10(2)9-19(11(3)20)8-7-18-15(21)14-12(16)5-4-6-13(14)17/h4-6,10H,7-9H2,1-3H3,(H,18,21). The molecular formula is C15H20ClFN2O2. The van der Waals surface area contributed by atoms with Gasteiger partial charge in [0.1, 0.15) is 5.82 Å². The molecule has 0 aliphatic heterocycles. The molecule has 4 nitrogen and oxygen atoms in total. The highest BCUT2D eigenvalue weighted by atomic mass is 35.5. The second-order valence-electron chi connectivity index (χ2n) is 5.21. The smallest absolute Gasteiger partial charge is 0.255 e. The largest absolute Gasteiger partial charge is 0.350 e. The molecule has 1 aromatic rings. The molecule has 0 radical (unpaired) electrons. The number of halogens is 2. The molecule has 0 bridgehead atoms. The van der Waals surface area contributed by atoms with Gasteiger partial charge in [0.15, 0.2) is 0 Å². The lowest BCUT2D eigenvalue weighted by molar-refractivity contribution is -0.129. The van der Waals surface area contributed by atoms with E-state index >= 15 is 0 Å². The predicted molar refractivity (Wildman–Crippen MR) is 80.8 cm³/mol. The molecule has 0 aliphatic rings. The fraction of sp³-hybridized carbons (Fsp3) is 0.467. The van der Waals surface area contributed by atoms with Crippen molar-refractivity contribution in [3.63, 3.8) is 0 Å². The van der Waals surface area contributed by atoms with Gasteiger partial charge in [-0.2, -0.15) is 0 Å². The molecule has 0 saturated carbocycles. The summed E-state index contributed by atoms with van der Waals surface area (Å²) in [6.45, 7) is 6.74. The van der Waals surface area contributed by atoms with Gasteiger partial charge >= 0.3 is 0 Å². The maximum Gasteiger partial charge on any atom is 0.255 e. The minimum absolute atomic E-state index is 0.0538. The number of nitrogens with zero attached hydrogens (tertiary/aromatic N) is 1. The number of rotatable bonds is 6. The maximum absolute atomic E-state index is 13.6. The molecule has 0 fully saturated rings. The molecule has 0 heterocycles. The van der Waals surface area contributed by atoms with Gasteiger partial charge < -0.3 is 10.2 Å². The minimum Gasteiger partial charge on any atom is -0.350 e. The molecule has 0 atom stereocenters. The zero-order valence-electron chi connectivity index (χ0n) is 12.5. The summed E-state index contributed by atoms with van der Waals surface area (Å²) in [5, 5.41) is 2.65. The van der Waals surface area contributed by atoms with Crippen molar-refractivity contribution in [2.45, 2.75) is 20.8 Å². The highest BCUT2D eigenvalue weighted by molar-refractivity contribution is 6.33. The van der Waals surface area contributed by atoms with E-state index < -0.39 is 11.7 Å². The molecular weight excluding hydrogens is 295 g/mol. The third-order valence-corrected chi connectivity index (χ3v) is 3.20. The van der Waals surface area contributed by atoms with Gasteiger partial charge in [0.05, 0.1) is 10.6 Å². The lowest BCUT2D eigenvalue weighted by Crippen LogP contribution is -2.39. The molecule has 0 saturated heterocycles. The van der Waals surface area contributed by atoms with Crippen LogP contribution >= 0.6 is 11.6 Å². The summed E-state index contributed by atoms with van der Waals surface area (Å²) < 4.78 is 13.6. The van der Waals surface area contributed by atoms with Crippen LogP contribution in [0.4, 0.5) is 4.39 Å². The molecule has 21 heavy (non-hydrogen) atoms. The van der Waals surface area contributed by atoms with Gasteiger partial charge in [0.2, 0.25) is 5.91 Å². The predicted octanol–water partition coefficient (Wildman–Crippen LogP) is 2.71. The molecule has 6 heteroatoms. The van der Waals surface area contributed by atoms with Crippen molar-refractivity contribution in [1.29, 1.82) is 0 Å². The number of hydrogen-bond donors (Lipinski definition) is 1. The first-order chi connectivity index (χ1) is 9.82. The van der Waals surface area contributed by atoms with Crippen molar-refractivity contribution >= 4 is 23.4 Å². The van der Waals surface area contributed by atoms with E-state index in [1.165, 1.54) is 25.1 Å². The van der Waals surface area contributed by atoms with Crippen LogP contribution < -0.4 is 5.32 Å². The van der Waals surface area contributed by atoms with Crippen molar-refractivity contribution < 1.29 is 14.0 Å². The number of carbonyl (C=O) groups is 2. The number of hydrogen-bond acceptors (Lipinski definition) is 2. The summed E-state index contributed by atoms with van der Waals surface area (Å²) in [5.74, 6) is -0.954. The second-order valence-corrected chi connectivity index (χ2v) is 5.62. The Morgan fingerprint density at radius 3 is 2.57 bits per heavy atom.